The van der Waals surface area contributed by atoms with Gasteiger partial charge in [-0.25, -0.2) is 9.59 Å². The first-order valence-electron chi connectivity index (χ1n) is 14.1. The molecule has 5 rings (SSSR count). The van der Waals surface area contributed by atoms with Crippen molar-refractivity contribution in [2.45, 2.75) is 112 Å². The standard InChI is InChI=1S/C29H48NO4/c1-26(2)20-10-12-28(26,5)22(16-20)33-24(31)18-30(14-8-7-9-15-30)19-25(32)34-23-17-21-11-13-29(23,6)27(21,3)4/h20-23H,7-19H2,1-6H3/q+1/t20-,21+,22-,23-,28+,29+/m0/s1. The zero-order valence-electron chi connectivity index (χ0n) is 22.6. The number of nitrogens with zero attached hydrogens (tertiary/aromatic N) is 1. The maximum absolute atomic E-state index is 13.3. The van der Waals surface area contributed by atoms with Gasteiger partial charge in [-0.2, -0.15) is 0 Å². The molecule has 1 heterocycles. The van der Waals surface area contributed by atoms with Crippen LogP contribution in [0.4, 0.5) is 0 Å². The van der Waals surface area contributed by atoms with Crippen molar-refractivity contribution in [3.8, 4) is 0 Å². The Balaban J connectivity index is 1.23. The molecule has 1 aliphatic heterocycles. The Morgan fingerprint density at radius 2 is 1.12 bits per heavy atom. The minimum absolute atomic E-state index is 0.0155. The van der Waals surface area contributed by atoms with Gasteiger partial charge in [-0.05, 0) is 80.5 Å². The molecule has 0 spiro atoms. The summed E-state index contributed by atoms with van der Waals surface area (Å²) in [5.41, 5.74) is 0.597. The van der Waals surface area contributed by atoms with Crippen LogP contribution in [0.2, 0.25) is 0 Å². The topological polar surface area (TPSA) is 52.6 Å². The molecule has 1 saturated heterocycles. The Labute approximate surface area is 206 Å². The molecule has 0 aromatic rings. The third kappa shape index (κ3) is 3.50. The van der Waals surface area contributed by atoms with Crippen LogP contribution in [0.25, 0.3) is 0 Å². The monoisotopic (exact) mass is 474 g/mol. The third-order valence-corrected chi connectivity index (χ3v) is 12.7. The number of likely N-dealkylation sites (tertiary alicyclic amines) is 1. The number of quaternary nitrogens is 1. The van der Waals surface area contributed by atoms with E-state index in [9.17, 15) is 9.59 Å². The van der Waals surface area contributed by atoms with Gasteiger partial charge in [0.15, 0.2) is 13.1 Å². The first-order valence-corrected chi connectivity index (χ1v) is 14.1. The number of hydrogen-bond donors (Lipinski definition) is 0. The zero-order valence-corrected chi connectivity index (χ0v) is 22.6. The van der Waals surface area contributed by atoms with Crippen LogP contribution in [0, 0.1) is 33.5 Å². The van der Waals surface area contributed by atoms with Crippen molar-refractivity contribution in [3.05, 3.63) is 0 Å². The van der Waals surface area contributed by atoms with Crippen LogP contribution in [-0.2, 0) is 19.1 Å². The molecule has 4 aliphatic carbocycles. The minimum atomic E-state index is -0.114. The van der Waals surface area contributed by atoms with Crippen LogP contribution in [0.5, 0.6) is 0 Å². The number of ether oxygens (including phenoxy) is 2. The number of carbonyl (C=O) groups is 2. The molecule has 5 aliphatic rings. The van der Waals surface area contributed by atoms with Crippen molar-refractivity contribution in [1.82, 2.24) is 0 Å². The van der Waals surface area contributed by atoms with E-state index in [4.69, 9.17) is 9.47 Å². The van der Waals surface area contributed by atoms with E-state index < -0.39 is 0 Å². The second kappa shape index (κ2) is 7.95. The Morgan fingerprint density at radius 3 is 1.44 bits per heavy atom. The molecular weight excluding hydrogens is 426 g/mol. The van der Waals surface area contributed by atoms with E-state index in [2.05, 4.69) is 41.5 Å². The van der Waals surface area contributed by atoms with Gasteiger partial charge in [0.2, 0.25) is 0 Å². The smallest absolute Gasteiger partial charge is 0.362 e. The van der Waals surface area contributed by atoms with Crippen molar-refractivity contribution >= 4 is 11.9 Å². The van der Waals surface area contributed by atoms with Gasteiger partial charge in [0.25, 0.3) is 0 Å². The van der Waals surface area contributed by atoms with Crippen molar-refractivity contribution < 1.29 is 23.5 Å². The van der Waals surface area contributed by atoms with E-state index in [1.165, 1.54) is 19.3 Å². The second-order valence-electron chi connectivity index (χ2n) is 14.3. The van der Waals surface area contributed by atoms with Gasteiger partial charge < -0.3 is 14.0 Å². The maximum Gasteiger partial charge on any atom is 0.362 e. The highest BCUT2D eigenvalue weighted by Crippen LogP contribution is 2.67. The lowest BCUT2D eigenvalue weighted by Crippen LogP contribution is -2.58. The number of esters is 2. The fourth-order valence-electron chi connectivity index (χ4n) is 9.11. The molecule has 5 fully saturated rings. The lowest BCUT2D eigenvalue weighted by atomic mass is 9.70. The van der Waals surface area contributed by atoms with E-state index in [-0.39, 0.29) is 45.8 Å². The van der Waals surface area contributed by atoms with E-state index >= 15 is 0 Å². The van der Waals surface area contributed by atoms with Gasteiger partial charge in [-0.1, -0.05) is 41.5 Å². The summed E-state index contributed by atoms with van der Waals surface area (Å²) in [6, 6.07) is 0. The number of carbonyl (C=O) groups excluding carboxylic acids is 2. The lowest BCUT2D eigenvalue weighted by molar-refractivity contribution is -0.919. The van der Waals surface area contributed by atoms with Crippen molar-refractivity contribution in [1.29, 1.82) is 0 Å². The van der Waals surface area contributed by atoms with Crippen molar-refractivity contribution in [2.75, 3.05) is 26.2 Å². The third-order valence-electron chi connectivity index (χ3n) is 12.7. The predicted octanol–water partition coefficient (Wildman–Crippen LogP) is 5.50. The molecule has 0 aromatic heterocycles. The summed E-state index contributed by atoms with van der Waals surface area (Å²) in [5, 5.41) is 0. The quantitative estimate of drug-likeness (QED) is 0.377. The van der Waals surface area contributed by atoms with E-state index in [0.717, 1.165) is 51.6 Å². The maximum atomic E-state index is 13.3. The van der Waals surface area contributed by atoms with Gasteiger partial charge >= 0.3 is 11.9 Å². The fourth-order valence-corrected chi connectivity index (χ4v) is 9.11. The number of hydrogen-bond acceptors (Lipinski definition) is 4. The van der Waals surface area contributed by atoms with E-state index in [0.29, 0.717) is 29.4 Å². The molecule has 0 aromatic carbocycles. The van der Waals surface area contributed by atoms with Gasteiger partial charge in [-0.3, -0.25) is 0 Å². The molecule has 0 radical (unpaired) electrons. The van der Waals surface area contributed by atoms with Gasteiger partial charge in [0.05, 0.1) is 13.1 Å². The Hall–Kier alpha value is -1.10. The molecule has 4 saturated carbocycles. The zero-order chi connectivity index (χ0) is 24.6. The summed E-state index contributed by atoms with van der Waals surface area (Å²) in [5.74, 6) is 1.07. The number of piperidine rings is 1. The highest BCUT2D eigenvalue weighted by Gasteiger charge is 2.64. The van der Waals surface area contributed by atoms with Gasteiger partial charge in [0, 0.05) is 10.8 Å². The Kier molecular flexibility index (Phi) is 5.75. The summed E-state index contributed by atoms with van der Waals surface area (Å²) in [6.45, 7) is 16.4. The summed E-state index contributed by atoms with van der Waals surface area (Å²) >= 11 is 0. The average molecular weight is 475 g/mol. The van der Waals surface area contributed by atoms with Crippen LogP contribution >= 0.6 is 0 Å². The van der Waals surface area contributed by atoms with Gasteiger partial charge in [-0.15, -0.1) is 0 Å². The van der Waals surface area contributed by atoms with Crippen LogP contribution in [0.15, 0.2) is 0 Å². The van der Waals surface area contributed by atoms with Crippen molar-refractivity contribution in [3.63, 3.8) is 0 Å². The largest absolute Gasteiger partial charge is 0.458 e. The molecule has 0 unspecified atom stereocenters. The predicted molar refractivity (Wildman–Crippen MR) is 132 cm³/mol. The van der Waals surface area contributed by atoms with Crippen LogP contribution in [0.3, 0.4) is 0 Å². The molecule has 34 heavy (non-hydrogen) atoms. The van der Waals surface area contributed by atoms with E-state index in [1.54, 1.807) is 0 Å². The average Bonchev–Trinajstić information content (AvgIpc) is 3.26. The molecule has 192 valence electrons. The first-order chi connectivity index (χ1) is 15.8. The SMILES string of the molecule is CC1(C)[C@@H]2CC[C@]1(C)[C@@H](OC(=O)C[N+]1(CC(=O)O[C@H]3C[C@@H]4CC[C@@]3(C)C4(C)C)CCCCC1)C2. The lowest BCUT2D eigenvalue weighted by Gasteiger charge is -2.42. The van der Waals surface area contributed by atoms with Crippen LogP contribution < -0.4 is 0 Å². The molecular formula is C29H48NO4+. The summed E-state index contributed by atoms with van der Waals surface area (Å²) in [6.07, 6.45) is 10.1. The molecule has 4 bridgehead atoms. The minimum Gasteiger partial charge on any atom is -0.458 e. The fraction of sp³-hybridized carbons (Fsp3) is 0.931. The van der Waals surface area contributed by atoms with Crippen LogP contribution in [0.1, 0.15) is 99.3 Å². The highest BCUT2D eigenvalue weighted by molar-refractivity contribution is 5.73. The van der Waals surface area contributed by atoms with Crippen molar-refractivity contribution in [2.24, 2.45) is 33.5 Å². The first kappa shape index (κ1) is 24.6. The number of rotatable bonds is 6. The number of fused-ring (bicyclic) bond motifs is 4. The summed E-state index contributed by atoms with van der Waals surface area (Å²) in [7, 11) is 0. The Morgan fingerprint density at radius 1 is 0.706 bits per heavy atom. The van der Waals surface area contributed by atoms with E-state index in [1.807, 2.05) is 0 Å². The molecule has 0 amide bonds. The molecule has 5 heteroatoms. The normalized spacial score (nSPS) is 43.1. The molecule has 5 nitrogen and oxygen atoms in total. The summed E-state index contributed by atoms with van der Waals surface area (Å²) < 4.78 is 12.9. The second-order valence-corrected chi connectivity index (χ2v) is 14.3. The molecule has 6 atom stereocenters. The highest BCUT2D eigenvalue weighted by atomic mass is 16.6. The summed E-state index contributed by atoms with van der Waals surface area (Å²) in [4.78, 5) is 26.6. The van der Waals surface area contributed by atoms with Crippen LogP contribution in [-0.4, -0.2) is 54.8 Å². The molecule has 0 N–H and O–H groups in total. The Bertz CT molecular complexity index is 781. The van der Waals surface area contributed by atoms with Gasteiger partial charge in [0.1, 0.15) is 12.2 Å².